The number of hydrogen-bond acceptors (Lipinski definition) is 7. The molecule has 2 atom stereocenters. The van der Waals surface area contributed by atoms with Crippen molar-refractivity contribution >= 4 is 6.09 Å². The van der Waals surface area contributed by atoms with Gasteiger partial charge in [0.1, 0.15) is 19.8 Å². The Morgan fingerprint density at radius 3 is 3.09 bits per heavy atom. The molecule has 1 aromatic rings. The molecule has 3 N–H and O–H groups in total. The summed E-state index contributed by atoms with van der Waals surface area (Å²) in [7, 11) is 0. The number of carbonyl (C=O) groups is 1. The number of aromatic nitrogens is 1. The molecule has 0 spiro atoms. The molecular weight excluding hydrogens is 290 g/mol. The van der Waals surface area contributed by atoms with Crippen molar-refractivity contribution in [3.8, 4) is 11.5 Å². The number of rotatable bonds is 3. The molecule has 0 aromatic carbocycles. The van der Waals surface area contributed by atoms with Gasteiger partial charge >= 0.3 is 6.09 Å². The molecule has 2 aliphatic rings. The van der Waals surface area contributed by atoms with Gasteiger partial charge in [-0.3, -0.25) is 4.98 Å². The van der Waals surface area contributed by atoms with Gasteiger partial charge in [0.15, 0.2) is 11.5 Å². The lowest BCUT2D eigenvalue weighted by Gasteiger charge is -2.28. The Balaban J connectivity index is 1.50. The van der Waals surface area contributed by atoms with Gasteiger partial charge in [-0.25, -0.2) is 4.79 Å². The van der Waals surface area contributed by atoms with Crippen molar-refractivity contribution in [2.24, 2.45) is 0 Å². The standard InChI is InChI=1S/C14H19N3O5/c18-11-6-15-2-1-10(11)17-14(19)22-8-9-5-12-13(7-16-9)21-4-3-20-12/h5,7,10-11,15,18H,1-4,6,8H2,(H,17,19)/t10-,11-/m1/s1. The third-order valence-electron chi connectivity index (χ3n) is 3.59. The van der Waals surface area contributed by atoms with E-state index in [4.69, 9.17) is 14.2 Å². The summed E-state index contributed by atoms with van der Waals surface area (Å²) in [6.07, 6.45) is 1.05. The van der Waals surface area contributed by atoms with E-state index in [9.17, 15) is 9.90 Å². The Bertz CT molecular complexity index is 539. The molecule has 0 bridgehead atoms. The smallest absolute Gasteiger partial charge is 0.407 e. The molecule has 3 heterocycles. The Hall–Kier alpha value is -2.06. The van der Waals surface area contributed by atoms with Crippen molar-refractivity contribution in [1.29, 1.82) is 0 Å². The van der Waals surface area contributed by atoms with Crippen LogP contribution in [0, 0.1) is 0 Å². The van der Waals surface area contributed by atoms with Crippen LogP contribution in [0.25, 0.3) is 0 Å². The lowest BCUT2D eigenvalue weighted by molar-refractivity contribution is 0.0859. The Morgan fingerprint density at radius 2 is 2.27 bits per heavy atom. The van der Waals surface area contributed by atoms with Crippen LogP contribution in [0.2, 0.25) is 0 Å². The van der Waals surface area contributed by atoms with Crippen LogP contribution < -0.4 is 20.1 Å². The number of β-amino-alcohol motifs (C(OH)–C–C–N with tert-alkyl or cyclic N) is 1. The topological polar surface area (TPSA) is 102 Å². The highest BCUT2D eigenvalue weighted by atomic mass is 16.6. The van der Waals surface area contributed by atoms with Gasteiger partial charge in [0.2, 0.25) is 0 Å². The van der Waals surface area contributed by atoms with Gasteiger partial charge in [-0.1, -0.05) is 0 Å². The summed E-state index contributed by atoms with van der Waals surface area (Å²) in [5.41, 5.74) is 0.574. The fraction of sp³-hybridized carbons (Fsp3) is 0.571. The normalized spacial score (nSPS) is 23.7. The third kappa shape index (κ3) is 3.58. The first-order valence-corrected chi connectivity index (χ1v) is 7.29. The fourth-order valence-corrected chi connectivity index (χ4v) is 2.41. The number of fused-ring (bicyclic) bond motifs is 1. The zero-order valence-electron chi connectivity index (χ0n) is 12.1. The summed E-state index contributed by atoms with van der Waals surface area (Å²) in [5, 5.41) is 15.5. The molecule has 0 unspecified atom stereocenters. The van der Waals surface area contributed by atoms with Crippen molar-refractivity contribution in [3.05, 3.63) is 18.0 Å². The molecule has 1 fully saturated rings. The average molecular weight is 309 g/mol. The first kappa shape index (κ1) is 14.9. The van der Waals surface area contributed by atoms with Crippen molar-refractivity contribution in [2.45, 2.75) is 25.2 Å². The average Bonchev–Trinajstić information content (AvgIpc) is 2.55. The van der Waals surface area contributed by atoms with Gasteiger partial charge in [-0.15, -0.1) is 0 Å². The maximum absolute atomic E-state index is 11.8. The van der Waals surface area contributed by atoms with E-state index in [-0.39, 0.29) is 12.6 Å². The molecule has 3 rings (SSSR count). The zero-order valence-corrected chi connectivity index (χ0v) is 12.1. The van der Waals surface area contributed by atoms with Crippen LogP contribution in [0.15, 0.2) is 12.3 Å². The van der Waals surface area contributed by atoms with Gasteiger partial charge in [0, 0.05) is 12.6 Å². The van der Waals surface area contributed by atoms with Crippen LogP contribution in [0.1, 0.15) is 12.1 Å². The quantitative estimate of drug-likeness (QED) is 0.711. The molecule has 8 nitrogen and oxygen atoms in total. The highest BCUT2D eigenvalue weighted by Crippen LogP contribution is 2.29. The number of alkyl carbamates (subject to hydrolysis) is 1. The van der Waals surface area contributed by atoms with Crippen LogP contribution >= 0.6 is 0 Å². The molecular formula is C14H19N3O5. The summed E-state index contributed by atoms with van der Waals surface area (Å²) in [6.45, 7) is 2.25. The van der Waals surface area contributed by atoms with E-state index >= 15 is 0 Å². The number of aliphatic hydroxyl groups is 1. The van der Waals surface area contributed by atoms with E-state index < -0.39 is 12.2 Å². The van der Waals surface area contributed by atoms with Gasteiger partial charge < -0.3 is 30.0 Å². The Labute approximate surface area is 127 Å². The summed E-state index contributed by atoms with van der Waals surface area (Å²) in [4.78, 5) is 15.9. The third-order valence-corrected chi connectivity index (χ3v) is 3.59. The van der Waals surface area contributed by atoms with E-state index in [0.29, 0.717) is 43.4 Å². The van der Waals surface area contributed by atoms with Gasteiger partial charge in [-0.05, 0) is 13.0 Å². The molecule has 1 saturated heterocycles. The number of nitrogens with zero attached hydrogens (tertiary/aromatic N) is 1. The first-order chi connectivity index (χ1) is 10.7. The minimum atomic E-state index is -0.603. The molecule has 1 amide bonds. The van der Waals surface area contributed by atoms with Crippen LogP contribution in [-0.4, -0.2) is 54.6 Å². The SMILES string of the molecule is O=C(N[C@@H]1CCNC[C@H]1O)OCc1cc2c(cn1)OCCO2. The highest BCUT2D eigenvalue weighted by molar-refractivity contribution is 5.67. The van der Waals surface area contributed by atoms with Gasteiger partial charge in [0.25, 0.3) is 0 Å². The first-order valence-electron chi connectivity index (χ1n) is 7.29. The molecule has 8 heteroatoms. The van der Waals surface area contributed by atoms with Crippen LogP contribution in [0.3, 0.4) is 0 Å². The molecule has 1 aromatic heterocycles. The number of nitrogens with one attached hydrogen (secondary N) is 2. The Kier molecular flexibility index (Phi) is 4.59. The maximum atomic E-state index is 11.8. The predicted octanol–water partition coefficient (Wildman–Crippen LogP) is -0.198. The monoisotopic (exact) mass is 309 g/mol. The molecule has 0 saturated carbocycles. The second kappa shape index (κ2) is 6.80. The largest absolute Gasteiger partial charge is 0.486 e. The molecule has 22 heavy (non-hydrogen) atoms. The van der Waals surface area contributed by atoms with Crippen molar-refractivity contribution < 1.29 is 24.1 Å². The zero-order chi connectivity index (χ0) is 15.4. The summed E-state index contributed by atoms with van der Waals surface area (Å²) >= 11 is 0. The van der Waals surface area contributed by atoms with Crippen LogP contribution in [-0.2, 0) is 11.3 Å². The maximum Gasteiger partial charge on any atom is 0.407 e. The minimum absolute atomic E-state index is 0.0313. The van der Waals surface area contributed by atoms with E-state index in [2.05, 4.69) is 15.6 Å². The summed E-state index contributed by atoms with van der Waals surface area (Å²) < 4.78 is 16.0. The summed E-state index contributed by atoms with van der Waals surface area (Å²) in [5.74, 6) is 1.20. The van der Waals surface area contributed by atoms with Crippen molar-refractivity contribution in [3.63, 3.8) is 0 Å². The number of amides is 1. The van der Waals surface area contributed by atoms with Crippen molar-refractivity contribution in [1.82, 2.24) is 15.6 Å². The van der Waals surface area contributed by atoms with Crippen LogP contribution in [0.5, 0.6) is 11.5 Å². The second-order valence-electron chi connectivity index (χ2n) is 5.21. The second-order valence-corrected chi connectivity index (χ2v) is 5.21. The van der Waals surface area contributed by atoms with E-state index in [0.717, 1.165) is 6.54 Å². The molecule has 0 aliphatic carbocycles. The highest BCUT2D eigenvalue weighted by Gasteiger charge is 2.24. The fourth-order valence-electron chi connectivity index (χ4n) is 2.41. The number of hydrogen-bond donors (Lipinski definition) is 3. The van der Waals surface area contributed by atoms with Gasteiger partial charge in [0.05, 0.1) is 24.0 Å². The number of carbonyl (C=O) groups excluding carboxylic acids is 1. The molecule has 0 radical (unpaired) electrons. The minimum Gasteiger partial charge on any atom is -0.486 e. The Morgan fingerprint density at radius 1 is 1.45 bits per heavy atom. The number of aliphatic hydroxyl groups excluding tert-OH is 1. The summed E-state index contributed by atoms with van der Waals surface area (Å²) in [6, 6.07) is 1.41. The van der Waals surface area contributed by atoms with E-state index in [1.54, 1.807) is 12.3 Å². The number of piperidine rings is 1. The van der Waals surface area contributed by atoms with Gasteiger partial charge in [-0.2, -0.15) is 0 Å². The lowest BCUT2D eigenvalue weighted by atomic mass is 10.0. The predicted molar refractivity (Wildman–Crippen MR) is 75.8 cm³/mol. The molecule has 120 valence electrons. The van der Waals surface area contributed by atoms with Crippen molar-refractivity contribution in [2.75, 3.05) is 26.3 Å². The van der Waals surface area contributed by atoms with Crippen LogP contribution in [0.4, 0.5) is 4.79 Å². The van der Waals surface area contributed by atoms with E-state index in [1.807, 2.05) is 0 Å². The van der Waals surface area contributed by atoms with E-state index in [1.165, 1.54) is 0 Å². The number of pyridine rings is 1. The number of ether oxygens (including phenoxy) is 3. The lowest BCUT2D eigenvalue weighted by Crippen LogP contribution is -2.52. The molecule has 2 aliphatic heterocycles.